The highest BCUT2D eigenvalue weighted by Gasteiger charge is 2.15. The molecule has 26 heavy (non-hydrogen) atoms. The van der Waals surface area contributed by atoms with E-state index in [0.717, 1.165) is 5.56 Å². The Balaban J connectivity index is 1.64. The summed E-state index contributed by atoms with van der Waals surface area (Å²) in [5.41, 5.74) is 2.04. The number of aromatic hydroxyl groups is 1. The van der Waals surface area contributed by atoms with Gasteiger partial charge in [0.05, 0.1) is 18.2 Å². The number of para-hydroxylation sites is 1. The molecule has 0 aliphatic heterocycles. The molecule has 1 heterocycles. The van der Waals surface area contributed by atoms with Gasteiger partial charge in [-0.1, -0.05) is 24.3 Å². The zero-order chi connectivity index (χ0) is 18.5. The molecule has 3 aromatic rings. The van der Waals surface area contributed by atoms with Crippen molar-refractivity contribution in [3.63, 3.8) is 0 Å². The van der Waals surface area contributed by atoms with Gasteiger partial charge in [0.15, 0.2) is 5.78 Å². The van der Waals surface area contributed by atoms with Crippen molar-refractivity contribution in [1.29, 1.82) is 0 Å². The maximum absolute atomic E-state index is 12.3. The van der Waals surface area contributed by atoms with Crippen LogP contribution >= 0.6 is 0 Å². The Labute approximate surface area is 150 Å². The highest BCUT2D eigenvalue weighted by atomic mass is 16.5. The minimum Gasteiger partial charge on any atom is -0.507 e. The van der Waals surface area contributed by atoms with Crippen molar-refractivity contribution >= 4 is 11.8 Å². The van der Waals surface area contributed by atoms with Gasteiger partial charge in [-0.05, 0) is 36.2 Å². The van der Waals surface area contributed by atoms with Crippen LogP contribution in [0.2, 0.25) is 0 Å². The lowest BCUT2D eigenvalue weighted by Gasteiger charge is -2.02. The number of nitrogens with zero attached hydrogens (tertiary/aromatic N) is 1. The van der Waals surface area contributed by atoms with Crippen molar-refractivity contribution in [2.75, 3.05) is 7.11 Å². The van der Waals surface area contributed by atoms with Crippen LogP contribution in [0.4, 0.5) is 0 Å². The Bertz CT molecular complexity index is 927. The van der Waals surface area contributed by atoms with E-state index in [1.165, 1.54) is 19.4 Å². The van der Waals surface area contributed by atoms with E-state index >= 15 is 0 Å². The number of phenolic OH excluding ortho intramolecular Hbond substituents is 1. The fraction of sp³-hybridized carbons (Fsp3) is 0.150. The molecule has 1 aromatic heterocycles. The van der Waals surface area contributed by atoms with Crippen LogP contribution in [0.5, 0.6) is 5.75 Å². The standard InChI is InChI=1S/C20H17NO5/c1-25-20(24)14-9-6-13(7-10-14)8-11-18(23)16-12-26-19(21-16)15-4-2-3-5-17(15)22/h2-7,9-10,12,22H,8,11H2,1H3. The summed E-state index contributed by atoms with van der Waals surface area (Å²) in [5.74, 6) is -0.313. The van der Waals surface area contributed by atoms with E-state index in [1.54, 1.807) is 42.5 Å². The zero-order valence-electron chi connectivity index (χ0n) is 14.1. The first-order valence-corrected chi connectivity index (χ1v) is 8.03. The number of benzene rings is 2. The minimum atomic E-state index is -0.396. The Kier molecular flexibility index (Phi) is 5.12. The fourth-order valence-electron chi connectivity index (χ4n) is 2.49. The van der Waals surface area contributed by atoms with Crippen LogP contribution in [0.1, 0.15) is 32.8 Å². The normalized spacial score (nSPS) is 10.5. The Morgan fingerprint density at radius 3 is 2.54 bits per heavy atom. The zero-order valence-corrected chi connectivity index (χ0v) is 14.1. The summed E-state index contributed by atoms with van der Waals surface area (Å²) in [6, 6.07) is 13.5. The Hall–Kier alpha value is -3.41. The molecule has 0 aliphatic rings. The number of carbonyl (C=O) groups excluding carboxylic acids is 2. The van der Waals surface area contributed by atoms with Gasteiger partial charge < -0.3 is 14.3 Å². The van der Waals surface area contributed by atoms with Gasteiger partial charge in [-0.25, -0.2) is 9.78 Å². The molecule has 1 N–H and O–H groups in total. The lowest BCUT2D eigenvalue weighted by atomic mass is 10.0. The van der Waals surface area contributed by atoms with E-state index in [-0.39, 0.29) is 29.5 Å². The van der Waals surface area contributed by atoms with Crippen molar-refractivity contribution in [2.45, 2.75) is 12.8 Å². The molecule has 0 spiro atoms. The molecule has 0 bridgehead atoms. The van der Waals surface area contributed by atoms with Crippen molar-refractivity contribution in [1.82, 2.24) is 4.98 Å². The van der Waals surface area contributed by atoms with Crippen LogP contribution in [0.15, 0.2) is 59.2 Å². The number of esters is 1. The number of aryl methyl sites for hydroxylation is 1. The maximum atomic E-state index is 12.3. The number of phenols is 1. The van der Waals surface area contributed by atoms with Crippen molar-refractivity contribution in [3.05, 3.63) is 71.6 Å². The molecule has 0 unspecified atom stereocenters. The smallest absolute Gasteiger partial charge is 0.337 e. The molecule has 6 heteroatoms. The summed E-state index contributed by atoms with van der Waals surface area (Å²) < 4.78 is 9.97. The van der Waals surface area contributed by atoms with Gasteiger partial charge >= 0.3 is 5.97 Å². The second-order valence-corrected chi connectivity index (χ2v) is 5.67. The highest BCUT2D eigenvalue weighted by molar-refractivity contribution is 5.94. The number of rotatable bonds is 6. The number of ketones is 1. The number of aromatic nitrogens is 1. The van der Waals surface area contributed by atoms with E-state index in [2.05, 4.69) is 9.72 Å². The summed E-state index contributed by atoms with van der Waals surface area (Å²) in [6.45, 7) is 0. The van der Waals surface area contributed by atoms with Crippen molar-refractivity contribution < 1.29 is 23.8 Å². The monoisotopic (exact) mass is 351 g/mol. The molecule has 132 valence electrons. The predicted molar refractivity (Wildman–Crippen MR) is 94.0 cm³/mol. The van der Waals surface area contributed by atoms with Gasteiger partial charge in [0.25, 0.3) is 0 Å². The molecule has 0 fully saturated rings. The first-order chi connectivity index (χ1) is 12.6. The quantitative estimate of drug-likeness (QED) is 0.538. The molecular formula is C20H17NO5. The van der Waals surface area contributed by atoms with E-state index in [0.29, 0.717) is 17.5 Å². The Morgan fingerprint density at radius 2 is 1.85 bits per heavy atom. The Morgan fingerprint density at radius 1 is 1.12 bits per heavy atom. The third-order valence-corrected chi connectivity index (χ3v) is 3.94. The maximum Gasteiger partial charge on any atom is 0.337 e. The number of hydrogen-bond acceptors (Lipinski definition) is 6. The summed E-state index contributed by atoms with van der Waals surface area (Å²) in [5, 5.41) is 9.83. The van der Waals surface area contributed by atoms with E-state index in [4.69, 9.17) is 4.42 Å². The number of Topliss-reactive ketones (excluding diaryl/α,β-unsaturated/α-hetero) is 1. The summed E-state index contributed by atoms with van der Waals surface area (Å²) in [4.78, 5) is 27.9. The number of ether oxygens (including phenoxy) is 1. The second kappa shape index (κ2) is 7.65. The third-order valence-electron chi connectivity index (χ3n) is 3.94. The van der Waals surface area contributed by atoms with Crippen LogP contribution in [0.3, 0.4) is 0 Å². The molecule has 6 nitrogen and oxygen atoms in total. The molecule has 0 radical (unpaired) electrons. The second-order valence-electron chi connectivity index (χ2n) is 5.67. The van der Waals surface area contributed by atoms with E-state index in [1.807, 2.05) is 0 Å². The minimum absolute atomic E-state index is 0.0408. The number of hydrogen-bond donors (Lipinski definition) is 1. The molecule has 0 amide bonds. The topological polar surface area (TPSA) is 89.6 Å². The number of methoxy groups -OCH3 is 1. The van der Waals surface area contributed by atoms with Crippen LogP contribution in [-0.2, 0) is 11.2 Å². The van der Waals surface area contributed by atoms with Gasteiger partial charge in [-0.3, -0.25) is 4.79 Å². The van der Waals surface area contributed by atoms with Crippen LogP contribution in [0.25, 0.3) is 11.5 Å². The van der Waals surface area contributed by atoms with Crippen LogP contribution < -0.4 is 0 Å². The SMILES string of the molecule is COC(=O)c1ccc(CCC(=O)c2coc(-c3ccccc3O)n2)cc1. The van der Waals surface area contributed by atoms with Gasteiger partial charge in [0.1, 0.15) is 17.7 Å². The summed E-state index contributed by atoms with van der Waals surface area (Å²) in [6.07, 6.45) is 2.06. The average Bonchev–Trinajstić information content (AvgIpc) is 3.16. The molecule has 0 atom stereocenters. The highest BCUT2D eigenvalue weighted by Crippen LogP contribution is 2.28. The first-order valence-electron chi connectivity index (χ1n) is 8.03. The lowest BCUT2D eigenvalue weighted by molar-refractivity contribution is 0.0600. The first kappa shape index (κ1) is 17.4. The average molecular weight is 351 g/mol. The molecular weight excluding hydrogens is 334 g/mol. The van der Waals surface area contributed by atoms with Crippen LogP contribution in [-0.4, -0.2) is 29.0 Å². The van der Waals surface area contributed by atoms with Gasteiger partial charge in [-0.2, -0.15) is 0 Å². The fourth-order valence-corrected chi connectivity index (χ4v) is 2.49. The largest absolute Gasteiger partial charge is 0.507 e. The molecule has 0 saturated heterocycles. The van der Waals surface area contributed by atoms with E-state index in [9.17, 15) is 14.7 Å². The lowest BCUT2D eigenvalue weighted by Crippen LogP contribution is -2.03. The van der Waals surface area contributed by atoms with E-state index < -0.39 is 5.97 Å². The third kappa shape index (κ3) is 3.80. The van der Waals surface area contributed by atoms with Crippen LogP contribution in [0, 0.1) is 0 Å². The van der Waals surface area contributed by atoms with Gasteiger partial charge in [0, 0.05) is 6.42 Å². The van der Waals surface area contributed by atoms with Crippen molar-refractivity contribution in [2.24, 2.45) is 0 Å². The molecule has 0 aliphatic carbocycles. The van der Waals surface area contributed by atoms with Crippen molar-refractivity contribution in [3.8, 4) is 17.2 Å². The molecule has 0 saturated carbocycles. The number of oxazole rings is 1. The summed E-state index contributed by atoms with van der Waals surface area (Å²) >= 11 is 0. The summed E-state index contributed by atoms with van der Waals surface area (Å²) in [7, 11) is 1.33. The van der Waals surface area contributed by atoms with Gasteiger partial charge in [-0.15, -0.1) is 0 Å². The van der Waals surface area contributed by atoms with Gasteiger partial charge in [0.2, 0.25) is 5.89 Å². The molecule has 3 rings (SSSR count). The number of carbonyl (C=O) groups is 2. The predicted octanol–water partition coefficient (Wildman–Crippen LogP) is 3.65. The molecule has 2 aromatic carbocycles.